The van der Waals surface area contributed by atoms with E-state index in [9.17, 15) is 0 Å². The molecule has 4 nitrogen and oxygen atoms in total. The van der Waals surface area contributed by atoms with Gasteiger partial charge < -0.3 is 4.52 Å². The van der Waals surface area contributed by atoms with Crippen LogP contribution in [0.25, 0.3) is 0 Å². The fourth-order valence-corrected chi connectivity index (χ4v) is 4.72. The summed E-state index contributed by atoms with van der Waals surface area (Å²) in [4.78, 5) is 8.70. The molecule has 5 heteroatoms. The summed E-state index contributed by atoms with van der Waals surface area (Å²) in [6.07, 6.45) is 7.28. The monoisotopic (exact) mass is 317 g/mol. The van der Waals surface area contributed by atoms with Crippen molar-refractivity contribution in [1.29, 1.82) is 0 Å². The normalized spacial score (nSPS) is 20.6. The largest absolute Gasteiger partial charge is 0.338 e. The Balaban J connectivity index is 1.44. The van der Waals surface area contributed by atoms with E-state index >= 15 is 0 Å². The zero-order valence-electron chi connectivity index (χ0n) is 13.2. The average molecular weight is 317 g/mol. The van der Waals surface area contributed by atoms with Gasteiger partial charge in [0, 0.05) is 23.4 Å². The third-order valence-electron chi connectivity index (χ3n) is 5.23. The Morgan fingerprint density at radius 3 is 3.09 bits per heavy atom. The third kappa shape index (κ3) is 2.50. The second-order valence-electron chi connectivity index (χ2n) is 6.73. The van der Waals surface area contributed by atoms with Crippen LogP contribution in [0.5, 0.6) is 0 Å². The standard InChI is InChI=1S/C17H23N3OS/c1-2-6-17(7-3-8-17)16-18-15(21-19-16)12-20-9-4-14-13(11-20)5-10-22-14/h5,10H,2-4,6-9,11-12H2,1H3. The lowest BCUT2D eigenvalue weighted by Gasteiger charge is -2.38. The van der Waals surface area contributed by atoms with Crippen molar-refractivity contribution in [2.75, 3.05) is 6.54 Å². The summed E-state index contributed by atoms with van der Waals surface area (Å²) in [5.41, 5.74) is 1.69. The molecular weight excluding hydrogens is 294 g/mol. The molecule has 22 heavy (non-hydrogen) atoms. The van der Waals surface area contributed by atoms with E-state index in [0.717, 1.165) is 37.8 Å². The summed E-state index contributed by atoms with van der Waals surface area (Å²) in [7, 11) is 0. The number of hydrogen-bond acceptors (Lipinski definition) is 5. The first-order valence-corrected chi connectivity index (χ1v) is 9.28. The molecule has 0 atom stereocenters. The molecule has 1 aliphatic carbocycles. The first-order chi connectivity index (χ1) is 10.8. The molecule has 2 aliphatic rings. The SMILES string of the molecule is CCCC1(c2noc(CN3CCc4sccc4C3)n2)CCC1. The Bertz CT molecular complexity index is 644. The van der Waals surface area contributed by atoms with Crippen LogP contribution in [0.15, 0.2) is 16.0 Å². The van der Waals surface area contributed by atoms with E-state index in [1.54, 1.807) is 4.88 Å². The molecule has 0 bridgehead atoms. The van der Waals surface area contributed by atoms with Gasteiger partial charge in [0.15, 0.2) is 5.82 Å². The van der Waals surface area contributed by atoms with E-state index < -0.39 is 0 Å². The lowest BCUT2D eigenvalue weighted by atomic mass is 9.65. The molecule has 1 saturated carbocycles. The minimum atomic E-state index is 0.221. The quantitative estimate of drug-likeness (QED) is 0.838. The number of thiophene rings is 1. The van der Waals surface area contributed by atoms with Gasteiger partial charge in [0.2, 0.25) is 5.89 Å². The smallest absolute Gasteiger partial charge is 0.240 e. The van der Waals surface area contributed by atoms with Gasteiger partial charge in [-0.3, -0.25) is 4.90 Å². The van der Waals surface area contributed by atoms with Gasteiger partial charge in [0.1, 0.15) is 0 Å². The van der Waals surface area contributed by atoms with Gasteiger partial charge in [-0.2, -0.15) is 4.98 Å². The molecule has 0 aromatic carbocycles. The summed E-state index contributed by atoms with van der Waals surface area (Å²) in [6.45, 7) is 5.12. The second-order valence-corrected chi connectivity index (χ2v) is 7.73. The predicted octanol–water partition coefficient (Wildman–Crippen LogP) is 3.91. The molecule has 4 rings (SSSR count). The van der Waals surface area contributed by atoms with Crippen LogP contribution in [0.3, 0.4) is 0 Å². The minimum Gasteiger partial charge on any atom is -0.338 e. The Kier molecular flexibility index (Phi) is 3.78. The zero-order valence-corrected chi connectivity index (χ0v) is 14.0. The molecule has 0 unspecified atom stereocenters. The maximum atomic E-state index is 5.56. The van der Waals surface area contributed by atoms with Crippen LogP contribution < -0.4 is 0 Å². The van der Waals surface area contributed by atoms with Crippen molar-refractivity contribution < 1.29 is 4.52 Å². The number of nitrogens with zero attached hydrogens (tertiary/aromatic N) is 3. The second kappa shape index (κ2) is 5.78. The lowest BCUT2D eigenvalue weighted by Crippen LogP contribution is -2.35. The average Bonchev–Trinajstić information content (AvgIpc) is 3.11. The number of fused-ring (bicyclic) bond motifs is 1. The van der Waals surface area contributed by atoms with Gasteiger partial charge in [-0.05, 0) is 42.7 Å². The van der Waals surface area contributed by atoms with Crippen molar-refractivity contribution in [3.05, 3.63) is 33.6 Å². The van der Waals surface area contributed by atoms with Crippen molar-refractivity contribution in [2.24, 2.45) is 0 Å². The van der Waals surface area contributed by atoms with Crippen LogP contribution >= 0.6 is 11.3 Å². The maximum Gasteiger partial charge on any atom is 0.240 e. The highest BCUT2D eigenvalue weighted by atomic mass is 32.1. The van der Waals surface area contributed by atoms with Crippen LogP contribution in [0.4, 0.5) is 0 Å². The topological polar surface area (TPSA) is 42.2 Å². The van der Waals surface area contributed by atoms with Gasteiger partial charge in [-0.1, -0.05) is 24.9 Å². The molecule has 2 aromatic rings. The van der Waals surface area contributed by atoms with Crippen LogP contribution in [0.1, 0.15) is 61.2 Å². The summed E-state index contributed by atoms with van der Waals surface area (Å²) in [5.74, 6) is 1.75. The number of hydrogen-bond donors (Lipinski definition) is 0. The van der Waals surface area contributed by atoms with Crippen LogP contribution in [-0.2, 0) is 24.9 Å². The van der Waals surface area contributed by atoms with Crippen molar-refractivity contribution in [2.45, 2.75) is 64.0 Å². The summed E-state index contributed by atoms with van der Waals surface area (Å²) >= 11 is 1.88. The molecular formula is C17H23N3OS. The van der Waals surface area contributed by atoms with E-state index in [0.29, 0.717) is 0 Å². The summed E-state index contributed by atoms with van der Waals surface area (Å²) in [6, 6.07) is 2.25. The fourth-order valence-electron chi connectivity index (χ4n) is 3.84. The fraction of sp³-hybridized carbons (Fsp3) is 0.647. The lowest BCUT2D eigenvalue weighted by molar-refractivity contribution is 0.198. The molecule has 0 spiro atoms. The van der Waals surface area contributed by atoms with E-state index in [2.05, 4.69) is 28.4 Å². The highest BCUT2D eigenvalue weighted by Gasteiger charge is 2.42. The van der Waals surface area contributed by atoms with Crippen LogP contribution in [0, 0.1) is 0 Å². The van der Waals surface area contributed by atoms with Gasteiger partial charge >= 0.3 is 0 Å². The molecule has 2 aromatic heterocycles. The Hall–Kier alpha value is -1.20. The molecule has 0 N–H and O–H groups in total. The van der Waals surface area contributed by atoms with Gasteiger partial charge in [-0.25, -0.2) is 0 Å². The minimum absolute atomic E-state index is 0.221. The molecule has 0 saturated heterocycles. The van der Waals surface area contributed by atoms with Crippen LogP contribution in [0.2, 0.25) is 0 Å². The van der Waals surface area contributed by atoms with E-state index in [1.165, 1.54) is 37.7 Å². The summed E-state index contributed by atoms with van der Waals surface area (Å²) < 4.78 is 5.56. The number of rotatable bonds is 5. The molecule has 3 heterocycles. The third-order valence-corrected chi connectivity index (χ3v) is 6.25. The summed E-state index contributed by atoms with van der Waals surface area (Å²) in [5, 5.41) is 6.52. The highest BCUT2D eigenvalue weighted by molar-refractivity contribution is 7.10. The Morgan fingerprint density at radius 2 is 2.32 bits per heavy atom. The van der Waals surface area contributed by atoms with Crippen molar-refractivity contribution in [1.82, 2.24) is 15.0 Å². The van der Waals surface area contributed by atoms with Crippen molar-refractivity contribution in [3.8, 4) is 0 Å². The van der Waals surface area contributed by atoms with Gasteiger partial charge in [0.25, 0.3) is 0 Å². The highest BCUT2D eigenvalue weighted by Crippen LogP contribution is 2.45. The Labute approximate surface area is 135 Å². The molecule has 0 amide bonds. The van der Waals surface area contributed by atoms with Crippen molar-refractivity contribution >= 4 is 11.3 Å². The first kappa shape index (κ1) is 14.4. The van der Waals surface area contributed by atoms with Gasteiger partial charge in [-0.15, -0.1) is 11.3 Å². The molecule has 1 aliphatic heterocycles. The van der Waals surface area contributed by atoms with Gasteiger partial charge in [0.05, 0.1) is 6.54 Å². The van der Waals surface area contributed by atoms with E-state index in [4.69, 9.17) is 9.51 Å². The predicted molar refractivity (Wildman–Crippen MR) is 86.9 cm³/mol. The first-order valence-electron chi connectivity index (χ1n) is 8.40. The van der Waals surface area contributed by atoms with E-state index in [1.807, 2.05) is 11.3 Å². The number of aromatic nitrogens is 2. The molecule has 0 radical (unpaired) electrons. The van der Waals surface area contributed by atoms with Crippen molar-refractivity contribution in [3.63, 3.8) is 0 Å². The Morgan fingerprint density at radius 1 is 1.41 bits per heavy atom. The maximum absolute atomic E-state index is 5.56. The zero-order chi connectivity index (χ0) is 15.0. The van der Waals surface area contributed by atoms with Crippen LogP contribution in [-0.4, -0.2) is 21.6 Å². The van der Waals surface area contributed by atoms with E-state index in [-0.39, 0.29) is 5.41 Å². The molecule has 118 valence electrons. The molecule has 1 fully saturated rings.